The Morgan fingerprint density at radius 1 is 1.09 bits per heavy atom. The van der Waals surface area contributed by atoms with Gasteiger partial charge in [-0.25, -0.2) is 9.37 Å². The number of halogens is 4. The predicted octanol–water partition coefficient (Wildman–Crippen LogP) is 3.44. The summed E-state index contributed by atoms with van der Waals surface area (Å²) in [7, 11) is 0. The second-order valence-electron chi connectivity index (χ2n) is 11.4. The number of alkyl halides is 3. The quantitative estimate of drug-likeness (QED) is 0.250. The number of nitrogens with two attached hydrogens (primary N) is 1. The highest BCUT2D eigenvalue weighted by molar-refractivity contribution is 5.95. The first-order valence-corrected chi connectivity index (χ1v) is 15.0. The molecular formula is C31H32F4N8O4. The number of aryl methyl sites for hydroxylation is 2. The van der Waals surface area contributed by atoms with Gasteiger partial charge in [0.2, 0.25) is 5.78 Å². The maximum atomic E-state index is 13.7. The van der Waals surface area contributed by atoms with Crippen LogP contribution < -0.4 is 16.2 Å². The van der Waals surface area contributed by atoms with Crippen molar-refractivity contribution in [1.29, 1.82) is 0 Å². The number of hydrogen-bond donors (Lipinski definition) is 2. The van der Waals surface area contributed by atoms with Crippen molar-refractivity contribution >= 4 is 28.6 Å². The zero-order valence-corrected chi connectivity index (χ0v) is 25.4. The standard InChI is InChI=1S/C23H24FN7O4.C8H8F3N/c24-15-3-6-25-17(19(15)32)21(33)29-10-8-28(9-11-29)18-16-2-1-7-30(16)23-26-20(27-31(23)22(18)34)14-4-12-35-13-5-14;1-5-4-6(8(9,10)11)2-3-7(5)12/h3-4,6,32H,1-2,5,7-13H2;2-4H,12H2,1H3. The molecule has 47 heavy (non-hydrogen) atoms. The van der Waals surface area contributed by atoms with Crippen molar-refractivity contribution in [3.63, 3.8) is 0 Å². The van der Waals surface area contributed by atoms with E-state index in [1.165, 1.54) is 15.5 Å². The van der Waals surface area contributed by atoms with E-state index in [0.29, 0.717) is 74.4 Å². The lowest BCUT2D eigenvalue weighted by atomic mass is 10.1. The van der Waals surface area contributed by atoms with Crippen molar-refractivity contribution < 1.29 is 32.2 Å². The summed E-state index contributed by atoms with van der Waals surface area (Å²) in [4.78, 5) is 38.5. The molecule has 1 aromatic carbocycles. The molecule has 12 nitrogen and oxygen atoms in total. The molecule has 0 unspecified atom stereocenters. The predicted molar refractivity (Wildman–Crippen MR) is 164 cm³/mol. The third-order valence-electron chi connectivity index (χ3n) is 8.43. The van der Waals surface area contributed by atoms with E-state index in [4.69, 9.17) is 15.5 Å². The van der Waals surface area contributed by atoms with Gasteiger partial charge < -0.3 is 29.9 Å². The number of nitrogen functional groups attached to an aromatic ring is 1. The number of fused-ring (bicyclic) bond motifs is 3. The maximum Gasteiger partial charge on any atom is 0.416 e. The number of aromatic nitrogens is 5. The van der Waals surface area contributed by atoms with E-state index >= 15 is 0 Å². The number of carbonyl (C=O) groups excluding carboxylic acids is 1. The van der Waals surface area contributed by atoms with Crippen LogP contribution in [-0.4, -0.2) is 79.5 Å². The lowest BCUT2D eigenvalue weighted by Gasteiger charge is -2.36. The molecule has 0 atom stereocenters. The Kier molecular flexibility index (Phi) is 8.61. The molecule has 3 N–H and O–H groups in total. The Bertz CT molecular complexity index is 1930. The third kappa shape index (κ3) is 6.24. The summed E-state index contributed by atoms with van der Waals surface area (Å²) >= 11 is 0. The van der Waals surface area contributed by atoms with Crippen LogP contribution in [0.3, 0.4) is 0 Å². The molecule has 0 radical (unpaired) electrons. The first-order valence-electron chi connectivity index (χ1n) is 15.0. The summed E-state index contributed by atoms with van der Waals surface area (Å²) in [6.07, 6.45) is 1.21. The van der Waals surface area contributed by atoms with E-state index < -0.39 is 29.2 Å². The van der Waals surface area contributed by atoms with Gasteiger partial charge in [0.25, 0.3) is 11.5 Å². The number of ether oxygens (including phenoxy) is 1. The third-order valence-corrected chi connectivity index (χ3v) is 8.43. The number of nitrogens with zero attached hydrogens (tertiary/aromatic N) is 7. The van der Waals surface area contributed by atoms with E-state index in [9.17, 15) is 32.3 Å². The maximum absolute atomic E-state index is 13.7. The number of hydrogen-bond acceptors (Lipinski definition) is 9. The number of amides is 1. The molecule has 0 bridgehead atoms. The Labute approximate surface area is 265 Å². The van der Waals surface area contributed by atoms with Gasteiger partial charge in [-0.05, 0) is 61.6 Å². The van der Waals surface area contributed by atoms with Gasteiger partial charge in [-0.15, -0.1) is 5.10 Å². The largest absolute Gasteiger partial charge is 0.503 e. The van der Waals surface area contributed by atoms with Crippen LogP contribution in [0.15, 0.2) is 41.3 Å². The van der Waals surface area contributed by atoms with Crippen LogP contribution in [0, 0.1) is 12.7 Å². The fourth-order valence-corrected chi connectivity index (χ4v) is 5.89. The molecule has 0 saturated carbocycles. The van der Waals surface area contributed by atoms with Crippen LogP contribution in [0.2, 0.25) is 0 Å². The first kappa shape index (κ1) is 32.0. The molecule has 0 spiro atoms. The summed E-state index contributed by atoms with van der Waals surface area (Å²) < 4.78 is 58.7. The number of carbonyl (C=O) groups is 1. The average molecular weight is 657 g/mol. The van der Waals surface area contributed by atoms with Gasteiger partial charge >= 0.3 is 6.18 Å². The SMILES string of the molecule is Cc1cc(C(F)(F)F)ccc1N.O=C(c1nccc(F)c1O)N1CCN(c2c3n(c4nc(C5=CCOCC5)nn4c2=O)CCC3)CC1. The van der Waals surface area contributed by atoms with Crippen molar-refractivity contribution in [2.24, 2.45) is 0 Å². The summed E-state index contributed by atoms with van der Waals surface area (Å²) in [6.45, 7) is 4.87. The van der Waals surface area contributed by atoms with Gasteiger partial charge in [0, 0.05) is 44.6 Å². The van der Waals surface area contributed by atoms with Crippen LogP contribution in [0.5, 0.6) is 5.75 Å². The van der Waals surface area contributed by atoms with Crippen molar-refractivity contribution in [2.45, 2.75) is 38.9 Å². The van der Waals surface area contributed by atoms with Crippen LogP contribution in [0.1, 0.15) is 46.0 Å². The van der Waals surface area contributed by atoms with E-state index in [2.05, 4.69) is 14.6 Å². The van der Waals surface area contributed by atoms with Gasteiger partial charge in [0.15, 0.2) is 23.1 Å². The van der Waals surface area contributed by atoms with Crippen LogP contribution in [-0.2, 0) is 23.9 Å². The van der Waals surface area contributed by atoms with Crippen LogP contribution in [0.25, 0.3) is 11.4 Å². The zero-order chi connectivity index (χ0) is 33.5. The van der Waals surface area contributed by atoms with Gasteiger partial charge in [-0.1, -0.05) is 6.08 Å². The van der Waals surface area contributed by atoms with Crippen molar-refractivity contribution in [3.05, 3.63) is 81.0 Å². The van der Waals surface area contributed by atoms with Gasteiger partial charge in [0.05, 0.1) is 24.5 Å². The summed E-state index contributed by atoms with van der Waals surface area (Å²) in [5, 5.41) is 14.5. The topological polar surface area (TPSA) is 144 Å². The lowest BCUT2D eigenvalue weighted by Crippen LogP contribution is -2.50. The normalized spacial score (nSPS) is 16.5. The molecule has 248 valence electrons. The Morgan fingerprint density at radius 2 is 1.85 bits per heavy atom. The molecule has 6 heterocycles. The number of anilines is 2. The molecule has 0 aliphatic carbocycles. The smallest absolute Gasteiger partial charge is 0.416 e. The van der Waals surface area contributed by atoms with Gasteiger partial charge in [-0.3, -0.25) is 9.59 Å². The van der Waals surface area contributed by atoms with Gasteiger partial charge in [-0.2, -0.15) is 22.7 Å². The molecule has 1 fully saturated rings. The fourth-order valence-electron chi connectivity index (χ4n) is 5.89. The number of rotatable bonds is 3. The second-order valence-corrected chi connectivity index (χ2v) is 11.4. The minimum atomic E-state index is -4.28. The van der Waals surface area contributed by atoms with E-state index in [1.807, 2.05) is 11.0 Å². The molecular weight excluding hydrogens is 624 g/mol. The highest BCUT2D eigenvalue weighted by Crippen LogP contribution is 2.31. The van der Waals surface area contributed by atoms with E-state index in [1.54, 1.807) is 6.92 Å². The average Bonchev–Trinajstić information content (AvgIpc) is 3.72. The highest BCUT2D eigenvalue weighted by Gasteiger charge is 2.32. The Morgan fingerprint density at radius 3 is 2.53 bits per heavy atom. The van der Waals surface area contributed by atoms with Crippen molar-refractivity contribution in [3.8, 4) is 5.75 Å². The second kappa shape index (κ2) is 12.7. The molecule has 1 amide bonds. The lowest BCUT2D eigenvalue weighted by molar-refractivity contribution is -0.137. The molecule has 3 aliphatic rings. The Hall–Kier alpha value is -4.99. The monoisotopic (exact) mass is 656 g/mol. The zero-order valence-electron chi connectivity index (χ0n) is 25.4. The number of benzene rings is 1. The summed E-state index contributed by atoms with van der Waals surface area (Å²) in [6, 6.07) is 4.28. The van der Waals surface area contributed by atoms with Crippen LogP contribution in [0.4, 0.5) is 28.9 Å². The van der Waals surface area contributed by atoms with Crippen molar-refractivity contribution in [2.75, 3.05) is 50.0 Å². The number of piperazine rings is 1. The van der Waals surface area contributed by atoms with Gasteiger partial charge in [0.1, 0.15) is 5.69 Å². The number of pyridine rings is 1. The summed E-state index contributed by atoms with van der Waals surface area (Å²) in [5.41, 5.74) is 7.51. The molecule has 16 heteroatoms. The molecule has 1 saturated heterocycles. The minimum absolute atomic E-state index is 0.219. The van der Waals surface area contributed by atoms with E-state index in [0.717, 1.165) is 55.0 Å². The Balaban J connectivity index is 0.000000273. The molecule has 7 rings (SSSR count). The number of aromatic hydroxyl groups is 1. The fraction of sp³-hybridized carbons (Fsp3) is 0.387. The molecule has 4 aromatic rings. The highest BCUT2D eigenvalue weighted by atomic mass is 19.4. The summed E-state index contributed by atoms with van der Waals surface area (Å²) in [5.74, 6) is -1.06. The minimum Gasteiger partial charge on any atom is -0.503 e. The van der Waals surface area contributed by atoms with Crippen molar-refractivity contribution in [1.82, 2.24) is 29.0 Å². The molecule has 3 aromatic heterocycles. The first-order chi connectivity index (χ1) is 22.4. The van der Waals surface area contributed by atoms with E-state index in [-0.39, 0.29) is 11.3 Å². The molecule has 3 aliphatic heterocycles. The van der Waals surface area contributed by atoms with Crippen LogP contribution >= 0.6 is 0 Å².